The van der Waals surface area contributed by atoms with Gasteiger partial charge in [-0.25, -0.2) is 4.99 Å². The van der Waals surface area contributed by atoms with Crippen molar-refractivity contribution in [2.24, 2.45) is 4.99 Å². The first-order valence-corrected chi connectivity index (χ1v) is 14.8. The van der Waals surface area contributed by atoms with Gasteiger partial charge in [-0.1, -0.05) is 82.7 Å². The quantitative estimate of drug-likeness (QED) is 0.168. The second kappa shape index (κ2) is 13.7. The Morgan fingerprint density at radius 1 is 0.932 bits per heavy atom. The summed E-state index contributed by atoms with van der Waals surface area (Å²) in [7, 11) is 0. The van der Waals surface area contributed by atoms with Gasteiger partial charge in [0, 0.05) is 36.0 Å². The van der Waals surface area contributed by atoms with Gasteiger partial charge in [0.2, 0.25) is 5.90 Å². The van der Waals surface area contributed by atoms with Crippen LogP contribution < -0.4 is 10.1 Å². The molecule has 0 fully saturated rings. The highest BCUT2D eigenvalue weighted by Crippen LogP contribution is 2.43. The van der Waals surface area contributed by atoms with Gasteiger partial charge in [0.15, 0.2) is 11.6 Å². The van der Waals surface area contributed by atoms with Gasteiger partial charge in [0.05, 0.1) is 12.2 Å². The zero-order chi connectivity index (χ0) is 31.2. The fourth-order valence-corrected chi connectivity index (χ4v) is 5.55. The van der Waals surface area contributed by atoms with Crippen LogP contribution in [0.5, 0.6) is 5.75 Å². The number of carbonyl (C=O) groups is 1. The minimum atomic E-state index is -4.57. The fourth-order valence-electron chi connectivity index (χ4n) is 5.12. The molecular formula is C34H30BrF3N2O4. The molecule has 228 valence electrons. The summed E-state index contributed by atoms with van der Waals surface area (Å²) in [6.45, 7) is 0.0294. The van der Waals surface area contributed by atoms with E-state index >= 15 is 0 Å². The van der Waals surface area contributed by atoms with Crippen molar-refractivity contribution in [3.8, 4) is 5.75 Å². The molecule has 6 nitrogen and oxygen atoms in total. The molecule has 0 radical (unpaired) electrons. The average Bonchev–Trinajstić information content (AvgIpc) is 3.42. The number of alkyl halides is 3. The van der Waals surface area contributed by atoms with Crippen LogP contribution in [0.15, 0.2) is 113 Å². The number of rotatable bonds is 11. The van der Waals surface area contributed by atoms with Gasteiger partial charge in [-0.05, 0) is 53.1 Å². The molecule has 1 aliphatic rings. The second-order valence-corrected chi connectivity index (χ2v) is 11.2. The first kappa shape index (κ1) is 31.3. The normalized spacial score (nSPS) is 17.9. The Hall–Kier alpha value is -4.15. The average molecular weight is 668 g/mol. The lowest BCUT2D eigenvalue weighted by Crippen LogP contribution is -2.49. The molecule has 0 unspecified atom stereocenters. The molecule has 0 spiro atoms. The molecule has 5 rings (SSSR count). The maximum absolute atomic E-state index is 14.3. The molecule has 0 saturated heterocycles. The number of halogens is 4. The Morgan fingerprint density at radius 2 is 1.59 bits per heavy atom. The number of amides is 1. The van der Waals surface area contributed by atoms with Crippen LogP contribution >= 0.6 is 15.9 Å². The third kappa shape index (κ3) is 6.97. The van der Waals surface area contributed by atoms with Crippen LogP contribution in [0.4, 0.5) is 13.2 Å². The predicted molar refractivity (Wildman–Crippen MR) is 164 cm³/mol. The first-order valence-electron chi connectivity index (χ1n) is 14.0. The van der Waals surface area contributed by atoms with E-state index in [1.807, 2.05) is 54.6 Å². The van der Waals surface area contributed by atoms with Gasteiger partial charge in [-0.2, -0.15) is 13.2 Å². The summed E-state index contributed by atoms with van der Waals surface area (Å²) in [5.41, 5.74) is -0.365. The molecule has 0 aromatic heterocycles. The van der Waals surface area contributed by atoms with Crippen LogP contribution in [0.3, 0.4) is 0 Å². The van der Waals surface area contributed by atoms with Crippen molar-refractivity contribution in [1.29, 1.82) is 0 Å². The molecule has 1 heterocycles. The number of hydrogen-bond donors (Lipinski definition) is 2. The summed E-state index contributed by atoms with van der Waals surface area (Å²) in [5, 5.41) is 11.8. The van der Waals surface area contributed by atoms with Crippen molar-refractivity contribution in [2.45, 2.75) is 37.2 Å². The van der Waals surface area contributed by atoms with Gasteiger partial charge < -0.3 is 19.9 Å². The molecule has 4 aromatic rings. The van der Waals surface area contributed by atoms with Gasteiger partial charge in [0.1, 0.15) is 5.75 Å². The second-order valence-electron chi connectivity index (χ2n) is 10.3. The number of carbonyl (C=O) groups excluding carboxylic acids is 1. The Bertz CT molecular complexity index is 1610. The van der Waals surface area contributed by atoms with Gasteiger partial charge in [-0.3, -0.25) is 4.79 Å². The molecule has 0 aliphatic carbocycles. The molecule has 1 amide bonds. The third-order valence-corrected chi connectivity index (χ3v) is 8.09. The SMILES string of the molecule is O=C(NCc1ccccc1C(F)(F)F)[C@]1(Cc2ccccc2Br)N=C(c2ccc(OCCCO)cc2)O[C@@H]1c1ccccc1. The fraction of sp³-hybridized carbons (Fsp3) is 0.235. The predicted octanol–water partition coefficient (Wildman–Crippen LogP) is 7.05. The summed E-state index contributed by atoms with van der Waals surface area (Å²) < 4.78 is 54.1. The van der Waals surface area contributed by atoms with Crippen molar-refractivity contribution in [3.63, 3.8) is 0 Å². The number of aliphatic imine (C=N–C) groups is 1. The highest BCUT2D eigenvalue weighted by Gasteiger charge is 2.53. The van der Waals surface area contributed by atoms with Crippen molar-refractivity contribution < 1.29 is 32.5 Å². The van der Waals surface area contributed by atoms with Crippen molar-refractivity contribution in [2.75, 3.05) is 13.2 Å². The number of benzene rings is 4. The van der Waals surface area contributed by atoms with E-state index in [-0.39, 0.29) is 31.0 Å². The zero-order valence-electron chi connectivity index (χ0n) is 23.6. The summed E-state index contributed by atoms with van der Waals surface area (Å²) >= 11 is 3.58. The van der Waals surface area contributed by atoms with Crippen molar-refractivity contribution >= 4 is 27.7 Å². The number of aliphatic hydroxyl groups is 1. The highest BCUT2D eigenvalue weighted by atomic mass is 79.9. The summed E-state index contributed by atoms with van der Waals surface area (Å²) in [5.74, 6) is 0.248. The molecule has 0 bridgehead atoms. The van der Waals surface area contributed by atoms with E-state index in [1.165, 1.54) is 18.2 Å². The molecule has 1 aliphatic heterocycles. The van der Waals surface area contributed by atoms with Crippen molar-refractivity contribution in [3.05, 3.63) is 135 Å². The molecule has 10 heteroatoms. The van der Waals surface area contributed by atoms with E-state index in [4.69, 9.17) is 19.6 Å². The molecule has 2 atom stereocenters. The molecule has 0 saturated carbocycles. The van der Waals surface area contributed by atoms with Crippen molar-refractivity contribution in [1.82, 2.24) is 5.32 Å². The minimum Gasteiger partial charge on any atom is -0.494 e. The summed E-state index contributed by atoms with van der Waals surface area (Å²) in [6.07, 6.45) is -4.86. The maximum atomic E-state index is 14.3. The van der Waals surface area contributed by atoms with Crippen LogP contribution in [-0.2, 0) is 28.7 Å². The minimum absolute atomic E-state index is 0.0209. The molecule has 44 heavy (non-hydrogen) atoms. The number of aliphatic hydroxyl groups excluding tert-OH is 1. The topological polar surface area (TPSA) is 80.2 Å². The summed E-state index contributed by atoms with van der Waals surface area (Å²) in [4.78, 5) is 19.3. The van der Waals surface area contributed by atoms with E-state index in [0.29, 0.717) is 29.9 Å². The number of hydrogen-bond acceptors (Lipinski definition) is 5. The Kier molecular flexibility index (Phi) is 9.71. The monoisotopic (exact) mass is 666 g/mol. The standard InChI is InChI=1S/C34H30BrF3N2O4/c35-29-14-7-5-11-25(29)21-33(32(42)39-22-26-12-4-6-13-28(26)34(36,37)38)30(23-9-2-1-3-10-23)44-31(40-33)24-15-17-27(18-16-24)43-20-8-19-41/h1-7,9-18,30,41H,8,19-22H2,(H,39,42)/t30-,33-/m1/s1. The lowest BCUT2D eigenvalue weighted by Gasteiger charge is -2.31. The number of nitrogens with one attached hydrogen (secondary N) is 1. The Morgan fingerprint density at radius 3 is 2.27 bits per heavy atom. The van der Waals surface area contributed by atoms with E-state index in [2.05, 4.69) is 21.2 Å². The zero-order valence-corrected chi connectivity index (χ0v) is 25.1. The van der Waals surface area contributed by atoms with E-state index < -0.39 is 29.3 Å². The third-order valence-electron chi connectivity index (χ3n) is 7.31. The lowest BCUT2D eigenvalue weighted by atomic mass is 9.82. The van der Waals surface area contributed by atoms with Gasteiger partial charge in [0.25, 0.3) is 5.91 Å². The van der Waals surface area contributed by atoms with Crippen LogP contribution in [0.2, 0.25) is 0 Å². The smallest absolute Gasteiger partial charge is 0.416 e. The Labute approximate surface area is 261 Å². The maximum Gasteiger partial charge on any atom is 0.416 e. The highest BCUT2D eigenvalue weighted by molar-refractivity contribution is 9.10. The van der Waals surface area contributed by atoms with E-state index in [1.54, 1.807) is 24.3 Å². The first-order chi connectivity index (χ1) is 21.2. The van der Waals surface area contributed by atoms with E-state index in [0.717, 1.165) is 16.1 Å². The summed E-state index contributed by atoms with van der Waals surface area (Å²) in [6, 6.07) is 28.8. The lowest BCUT2D eigenvalue weighted by molar-refractivity contribution is -0.138. The molecular weight excluding hydrogens is 637 g/mol. The van der Waals surface area contributed by atoms with E-state index in [9.17, 15) is 18.0 Å². The van der Waals surface area contributed by atoms with Crippen LogP contribution in [0, 0.1) is 0 Å². The number of nitrogens with zero attached hydrogens (tertiary/aromatic N) is 1. The Balaban J connectivity index is 1.56. The molecule has 4 aromatic carbocycles. The van der Waals surface area contributed by atoms with Crippen LogP contribution in [0.1, 0.15) is 40.3 Å². The molecule has 2 N–H and O–H groups in total. The van der Waals surface area contributed by atoms with Crippen LogP contribution in [-0.4, -0.2) is 35.7 Å². The van der Waals surface area contributed by atoms with Gasteiger partial charge >= 0.3 is 6.18 Å². The number of ether oxygens (including phenoxy) is 2. The van der Waals surface area contributed by atoms with Gasteiger partial charge in [-0.15, -0.1) is 0 Å². The largest absolute Gasteiger partial charge is 0.494 e. The van der Waals surface area contributed by atoms with Crippen LogP contribution in [0.25, 0.3) is 0 Å².